The Balaban J connectivity index is 1.86. The number of amidine groups is 1. The van der Waals surface area contributed by atoms with Gasteiger partial charge in [-0.05, 0) is 31.0 Å². The SMILES string of the molecule is CCc1cc(=O)oc2c1C(=O)[NH2+]C(OCc1cccc(C)n1)=N2. The van der Waals surface area contributed by atoms with Crippen LogP contribution in [0.5, 0.6) is 0 Å². The van der Waals surface area contributed by atoms with E-state index in [1.807, 2.05) is 32.0 Å². The molecule has 3 rings (SSSR count). The lowest BCUT2D eigenvalue weighted by Crippen LogP contribution is -2.93. The molecular weight excluding hydrogens is 298 g/mol. The van der Waals surface area contributed by atoms with Crippen LogP contribution in [0.1, 0.15) is 34.2 Å². The highest BCUT2D eigenvalue weighted by Crippen LogP contribution is 2.22. The van der Waals surface area contributed by atoms with Crippen LogP contribution >= 0.6 is 0 Å². The van der Waals surface area contributed by atoms with Gasteiger partial charge in [0.05, 0.1) is 5.69 Å². The zero-order valence-corrected chi connectivity index (χ0v) is 12.8. The van der Waals surface area contributed by atoms with Gasteiger partial charge < -0.3 is 9.15 Å². The number of aromatic nitrogens is 1. The molecule has 3 heterocycles. The number of amides is 1. The second kappa shape index (κ2) is 6.13. The minimum Gasteiger partial charge on any atom is -0.430 e. The highest BCUT2D eigenvalue weighted by molar-refractivity contribution is 5.99. The van der Waals surface area contributed by atoms with Gasteiger partial charge in [0.15, 0.2) is 0 Å². The van der Waals surface area contributed by atoms with Gasteiger partial charge in [0, 0.05) is 11.8 Å². The molecule has 7 heteroatoms. The number of pyridine rings is 1. The number of carbonyl (C=O) groups excluding carboxylic acids is 1. The predicted molar refractivity (Wildman–Crippen MR) is 81.5 cm³/mol. The Labute approximate surface area is 132 Å². The van der Waals surface area contributed by atoms with Crippen molar-refractivity contribution in [3.05, 3.63) is 57.2 Å². The van der Waals surface area contributed by atoms with Gasteiger partial charge in [-0.15, -0.1) is 4.99 Å². The molecule has 0 aliphatic carbocycles. The van der Waals surface area contributed by atoms with Crippen molar-refractivity contribution in [2.75, 3.05) is 0 Å². The van der Waals surface area contributed by atoms with Crippen LogP contribution in [-0.2, 0) is 17.8 Å². The highest BCUT2D eigenvalue weighted by atomic mass is 16.5. The third-order valence-electron chi connectivity index (χ3n) is 3.43. The molecule has 23 heavy (non-hydrogen) atoms. The van der Waals surface area contributed by atoms with E-state index < -0.39 is 5.63 Å². The van der Waals surface area contributed by atoms with E-state index >= 15 is 0 Å². The maximum absolute atomic E-state index is 12.3. The maximum Gasteiger partial charge on any atom is 0.407 e. The van der Waals surface area contributed by atoms with Gasteiger partial charge >= 0.3 is 17.6 Å². The van der Waals surface area contributed by atoms with Crippen molar-refractivity contribution in [1.82, 2.24) is 4.98 Å². The molecule has 2 N–H and O–H groups in total. The minimum absolute atomic E-state index is 0.00838. The lowest BCUT2D eigenvalue weighted by molar-refractivity contribution is -0.453. The van der Waals surface area contributed by atoms with Crippen LogP contribution in [0.2, 0.25) is 0 Å². The molecule has 0 saturated carbocycles. The zero-order chi connectivity index (χ0) is 16.4. The summed E-state index contributed by atoms with van der Waals surface area (Å²) in [5.41, 5.74) is 2.02. The first kappa shape index (κ1) is 15.1. The molecule has 0 saturated heterocycles. The number of carbonyl (C=O) groups is 1. The van der Waals surface area contributed by atoms with Crippen molar-refractivity contribution in [2.45, 2.75) is 26.9 Å². The number of nitrogens with two attached hydrogens (primary N) is 1. The summed E-state index contributed by atoms with van der Waals surface area (Å²) >= 11 is 0. The highest BCUT2D eigenvalue weighted by Gasteiger charge is 2.30. The van der Waals surface area contributed by atoms with E-state index in [2.05, 4.69) is 9.98 Å². The second-order valence-electron chi connectivity index (χ2n) is 5.14. The average molecular weight is 314 g/mol. The monoisotopic (exact) mass is 314 g/mol. The molecule has 0 spiro atoms. The summed E-state index contributed by atoms with van der Waals surface area (Å²) in [4.78, 5) is 32.2. The van der Waals surface area contributed by atoms with Crippen molar-refractivity contribution in [3.8, 4) is 0 Å². The first-order chi connectivity index (χ1) is 11.1. The molecule has 7 nitrogen and oxygen atoms in total. The Kier molecular flexibility index (Phi) is 4.03. The molecule has 2 aromatic rings. The number of primary amides is 1. The number of quaternary nitrogens is 1. The number of rotatable bonds is 3. The normalized spacial score (nSPS) is 13.5. The van der Waals surface area contributed by atoms with Crippen LogP contribution in [0.15, 0.2) is 38.5 Å². The molecule has 1 aliphatic heterocycles. The smallest absolute Gasteiger partial charge is 0.407 e. The van der Waals surface area contributed by atoms with Gasteiger partial charge in [-0.3, -0.25) is 4.98 Å². The summed E-state index contributed by atoms with van der Waals surface area (Å²) in [5, 5.41) is 1.30. The number of aryl methyl sites for hydroxylation is 2. The molecule has 118 valence electrons. The summed E-state index contributed by atoms with van der Waals surface area (Å²) in [7, 11) is 0. The van der Waals surface area contributed by atoms with Crippen molar-refractivity contribution >= 4 is 17.8 Å². The largest absolute Gasteiger partial charge is 0.430 e. The molecule has 0 fully saturated rings. The fraction of sp³-hybridized carbons (Fsp3) is 0.250. The average Bonchev–Trinajstić information content (AvgIpc) is 2.51. The van der Waals surface area contributed by atoms with E-state index in [9.17, 15) is 9.59 Å². The van der Waals surface area contributed by atoms with Crippen LogP contribution in [0.4, 0.5) is 5.88 Å². The summed E-state index contributed by atoms with van der Waals surface area (Å²) in [5.74, 6) is -0.267. The van der Waals surface area contributed by atoms with Gasteiger partial charge in [-0.25, -0.2) is 9.59 Å². The van der Waals surface area contributed by atoms with Crippen molar-refractivity contribution < 1.29 is 19.3 Å². The van der Waals surface area contributed by atoms with Gasteiger partial charge in [0.1, 0.15) is 12.2 Å². The Morgan fingerprint density at radius 2 is 2.13 bits per heavy atom. The zero-order valence-electron chi connectivity index (χ0n) is 12.8. The number of aliphatic imine (C=N–C) groups is 1. The Morgan fingerprint density at radius 3 is 2.87 bits per heavy atom. The van der Waals surface area contributed by atoms with Crippen molar-refractivity contribution in [1.29, 1.82) is 0 Å². The molecule has 1 aliphatic rings. The van der Waals surface area contributed by atoms with E-state index in [-0.39, 0.29) is 24.4 Å². The molecule has 0 radical (unpaired) electrons. The number of hydrogen-bond acceptors (Lipinski definition) is 6. The lowest BCUT2D eigenvalue weighted by Gasteiger charge is -2.12. The summed E-state index contributed by atoms with van der Waals surface area (Å²) in [6.45, 7) is 3.92. The lowest BCUT2D eigenvalue weighted by atomic mass is 10.1. The van der Waals surface area contributed by atoms with Crippen LogP contribution in [0.25, 0.3) is 0 Å². The van der Waals surface area contributed by atoms with E-state index in [1.54, 1.807) is 0 Å². The molecular formula is C16H16N3O4+. The maximum atomic E-state index is 12.3. The Hall–Kier alpha value is -2.80. The van der Waals surface area contributed by atoms with Gasteiger partial charge in [0.2, 0.25) is 5.88 Å². The number of ether oxygens (including phenoxy) is 1. The first-order valence-corrected chi connectivity index (χ1v) is 7.27. The number of nitrogens with zero attached hydrogens (tertiary/aromatic N) is 2. The third kappa shape index (κ3) is 3.19. The van der Waals surface area contributed by atoms with Crippen LogP contribution in [0.3, 0.4) is 0 Å². The van der Waals surface area contributed by atoms with E-state index in [0.717, 1.165) is 11.4 Å². The fourth-order valence-corrected chi connectivity index (χ4v) is 2.37. The first-order valence-electron chi connectivity index (χ1n) is 7.27. The summed E-state index contributed by atoms with van der Waals surface area (Å²) in [6.07, 6.45) is 0.548. The molecule has 0 aromatic carbocycles. The van der Waals surface area contributed by atoms with E-state index in [0.29, 0.717) is 17.5 Å². The number of fused-ring (bicyclic) bond motifs is 1. The fourth-order valence-electron chi connectivity index (χ4n) is 2.37. The second-order valence-corrected chi connectivity index (χ2v) is 5.14. The molecule has 0 bridgehead atoms. The minimum atomic E-state index is -0.529. The third-order valence-corrected chi connectivity index (χ3v) is 3.43. The Morgan fingerprint density at radius 1 is 1.30 bits per heavy atom. The Bertz CT molecular complexity index is 855. The quantitative estimate of drug-likeness (QED) is 0.904. The van der Waals surface area contributed by atoms with E-state index in [1.165, 1.54) is 11.4 Å². The van der Waals surface area contributed by atoms with Crippen LogP contribution in [0, 0.1) is 6.92 Å². The van der Waals surface area contributed by atoms with Gasteiger partial charge in [0.25, 0.3) is 0 Å². The standard InChI is InChI=1S/C16H15N3O4/c1-3-10-7-12(20)23-15-13(10)14(21)18-16(19-15)22-8-11-6-4-5-9(2)17-11/h4-7H,3,8H2,1-2H3,(H,18,19,21)/p+1. The van der Waals surface area contributed by atoms with Crippen molar-refractivity contribution in [2.24, 2.45) is 4.99 Å². The van der Waals surface area contributed by atoms with Gasteiger partial charge in [-0.2, -0.15) is 5.32 Å². The van der Waals surface area contributed by atoms with Gasteiger partial charge in [-0.1, -0.05) is 13.0 Å². The summed E-state index contributed by atoms with van der Waals surface area (Å²) < 4.78 is 10.5. The van der Waals surface area contributed by atoms with Crippen LogP contribution in [-0.4, -0.2) is 16.9 Å². The van der Waals surface area contributed by atoms with Crippen LogP contribution < -0.4 is 10.9 Å². The number of hydrogen-bond donors (Lipinski definition) is 1. The topological polar surface area (TPSA) is 98.4 Å². The van der Waals surface area contributed by atoms with E-state index in [4.69, 9.17) is 9.15 Å². The molecule has 0 unspecified atom stereocenters. The van der Waals surface area contributed by atoms with Crippen molar-refractivity contribution in [3.63, 3.8) is 0 Å². The predicted octanol–water partition coefficient (Wildman–Crippen LogP) is 0.827. The molecule has 1 amide bonds. The molecule has 0 atom stereocenters. The summed E-state index contributed by atoms with van der Waals surface area (Å²) in [6, 6.07) is 7.01. The molecule has 2 aromatic heterocycles.